The number of nitrogens with one attached hydrogen (secondary N) is 2. The van der Waals surface area contributed by atoms with Gasteiger partial charge in [0.1, 0.15) is 5.75 Å². The first-order chi connectivity index (χ1) is 10.1. The van der Waals surface area contributed by atoms with Gasteiger partial charge in [-0.15, -0.1) is 0 Å². The zero-order valence-electron chi connectivity index (χ0n) is 12.9. The van der Waals surface area contributed by atoms with Crippen LogP contribution in [0.2, 0.25) is 0 Å². The number of benzene rings is 1. The normalized spacial score (nSPS) is 10.8. The highest BCUT2D eigenvalue weighted by Gasteiger charge is 2.01. The standard InChI is InChI=1S/C12H22N4O.H2O4S/c1-16(2)8-4-7-14-15-11-6-5-10(13)9-12(11)17-3;1-5(2,3)4/h5-6,9,14-15H,4,7-8,13H2,1-3H3;(H2,1,2,3,4). The average molecular weight is 336 g/mol. The van der Waals surface area contributed by atoms with E-state index in [0.717, 1.165) is 30.9 Å². The third-order valence-electron chi connectivity index (χ3n) is 2.36. The van der Waals surface area contributed by atoms with Crippen LogP contribution in [0.15, 0.2) is 18.2 Å². The predicted octanol–water partition coefficient (Wildman–Crippen LogP) is 0.493. The molecule has 0 bridgehead atoms. The topological polar surface area (TPSA) is 137 Å². The lowest BCUT2D eigenvalue weighted by molar-refractivity contribution is 0.381. The maximum Gasteiger partial charge on any atom is 0.394 e. The third-order valence-corrected chi connectivity index (χ3v) is 2.36. The van der Waals surface area contributed by atoms with Crippen LogP contribution in [0.4, 0.5) is 11.4 Å². The van der Waals surface area contributed by atoms with E-state index in [1.54, 1.807) is 13.2 Å². The summed E-state index contributed by atoms with van der Waals surface area (Å²) < 4.78 is 36.8. The minimum Gasteiger partial charge on any atom is -0.494 e. The number of nitrogen functional groups attached to an aromatic ring is 1. The lowest BCUT2D eigenvalue weighted by atomic mass is 10.2. The largest absolute Gasteiger partial charge is 0.494 e. The van der Waals surface area contributed by atoms with Gasteiger partial charge in [0.2, 0.25) is 0 Å². The van der Waals surface area contributed by atoms with E-state index >= 15 is 0 Å². The van der Waals surface area contributed by atoms with Crippen molar-refractivity contribution < 1.29 is 22.3 Å². The van der Waals surface area contributed by atoms with Crippen molar-refractivity contribution in [3.05, 3.63) is 18.2 Å². The van der Waals surface area contributed by atoms with E-state index in [2.05, 4.69) is 29.8 Å². The molecule has 22 heavy (non-hydrogen) atoms. The predicted molar refractivity (Wildman–Crippen MR) is 86.4 cm³/mol. The number of nitrogens with zero attached hydrogens (tertiary/aromatic N) is 1. The van der Waals surface area contributed by atoms with Gasteiger partial charge in [0, 0.05) is 18.3 Å². The molecular weight excluding hydrogens is 312 g/mol. The molecule has 0 atom stereocenters. The molecule has 1 aromatic rings. The van der Waals surface area contributed by atoms with Crippen molar-refractivity contribution in [2.45, 2.75) is 6.42 Å². The number of hydrazine groups is 1. The Kier molecular flexibility index (Phi) is 9.45. The van der Waals surface area contributed by atoms with Crippen molar-refractivity contribution in [1.82, 2.24) is 10.3 Å². The highest BCUT2D eigenvalue weighted by molar-refractivity contribution is 7.79. The number of anilines is 2. The van der Waals surface area contributed by atoms with Crippen molar-refractivity contribution in [3.63, 3.8) is 0 Å². The van der Waals surface area contributed by atoms with Gasteiger partial charge in [0.15, 0.2) is 0 Å². The second-order valence-electron chi connectivity index (χ2n) is 4.62. The summed E-state index contributed by atoms with van der Waals surface area (Å²) in [5.74, 6) is 0.741. The maximum absolute atomic E-state index is 8.74. The van der Waals surface area contributed by atoms with Gasteiger partial charge < -0.3 is 20.8 Å². The minimum atomic E-state index is -4.67. The molecule has 6 N–H and O–H groups in total. The monoisotopic (exact) mass is 336 g/mol. The van der Waals surface area contributed by atoms with Crippen LogP contribution in [0.5, 0.6) is 5.75 Å². The summed E-state index contributed by atoms with van der Waals surface area (Å²) in [6.07, 6.45) is 1.08. The molecule has 0 amide bonds. The van der Waals surface area contributed by atoms with E-state index in [9.17, 15) is 0 Å². The van der Waals surface area contributed by atoms with E-state index in [0.29, 0.717) is 5.69 Å². The molecule has 1 rings (SSSR count). The second-order valence-corrected chi connectivity index (χ2v) is 5.51. The molecule has 0 heterocycles. The SMILES string of the molecule is COc1cc(N)ccc1NNCCCN(C)C.O=S(=O)(O)O. The summed E-state index contributed by atoms with van der Waals surface area (Å²) >= 11 is 0. The fourth-order valence-corrected chi connectivity index (χ4v) is 1.45. The van der Waals surface area contributed by atoms with Crippen LogP contribution in [0.3, 0.4) is 0 Å². The van der Waals surface area contributed by atoms with Gasteiger partial charge in [-0.2, -0.15) is 8.42 Å². The van der Waals surface area contributed by atoms with Crippen LogP contribution in [-0.2, 0) is 10.4 Å². The summed E-state index contributed by atoms with van der Waals surface area (Å²) in [6.45, 7) is 1.96. The number of ether oxygens (including phenoxy) is 1. The van der Waals surface area contributed by atoms with Crippen LogP contribution in [0.25, 0.3) is 0 Å². The first-order valence-electron chi connectivity index (χ1n) is 6.40. The van der Waals surface area contributed by atoms with E-state index in [4.69, 9.17) is 28.0 Å². The third kappa shape index (κ3) is 12.2. The molecule has 0 aliphatic rings. The lowest BCUT2D eigenvalue weighted by Gasteiger charge is -2.14. The Hall–Kier alpha value is -1.59. The summed E-state index contributed by atoms with van der Waals surface area (Å²) in [5.41, 5.74) is 13.5. The van der Waals surface area contributed by atoms with Crippen molar-refractivity contribution in [2.24, 2.45) is 0 Å². The fraction of sp³-hybridized carbons (Fsp3) is 0.500. The average Bonchev–Trinajstić information content (AvgIpc) is 2.37. The first-order valence-corrected chi connectivity index (χ1v) is 7.80. The molecule has 9 nitrogen and oxygen atoms in total. The zero-order chi connectivity index (χ0) is 17.2. The van der Waals surface area contributed by atoms with Gasteiger partial charge in [0.05, 0.1) is 12.8 Å². The molecule has 0 aliphatic heterocycles. The van der Waals surface area contributed by atoms with E-state index < -0.39 is 10.4 Å². The molecule has 0 aliphatic carbocycles. The van der Waals surface area contributed by atoms with Gasteiger partial charge in [0.25, 0.3) is 0 Å². The molecule has 0 unspecified atom stereocenters. The van der Waals surface area contributed by atoms with Crippen LogP contribution < -0.4 is 21.3 Å². The highest BCUT2D eigenvalue weighted by Crippen LogP contribution is 2.25. The smallest absolute Gasteiger partial charge is 0.394 e. The number of methoxy groups -OCH3 is 1. The van der Waals surface area contributed by atoms with Gasteiger partial charge >= 0.3 is 10.4 Å². The van der Waals surface area contributed by atoms with Gasteiger partial charge in [-0.25, -0.2) is 5.43 Å². The zero-order valence-corrected chi connectivity index (χ0v) is 13.7. The Bertz CT molecular complexity index is 528. The Labute approximate surface area is 131 Å². The highest BCUT2D eigenvalue weighted by atomic mass is 32.3. The van der Waals surface area contributed by atoms with E-state index in [-0.39, 0.29) is 0 Å². The molecule has 0 spiro atoms. The number of hydrogen-bond donors (Lipinski definition) is 5. The van der Waals surface area contributed by atoms with Crippen LogP contribution in [-0.4, -0.2) is 56.7 Å². The first kappa shape index (κ1) is 20.4. The van der Waals surface area contributed by atoms with Gasteiger partial charge in [-0.05, 0) is 39.2 Å². The molecule has 1 aromatic carbocycles. The molecule has 0 saturated carbocycles. The van der Waals surface area contributed by atoms with Crippen LogP contribution in [0.1, 0.15) is 6.42 Å². The molecule has 10 heteroatoms. The van der Waals surface area contributed by atoms with Crippen molar-refractivity contribution >= 4 is 21.8 Å². The van der Waals surface area contributed by atoms with Crippen LogP contribution in [0, 0.1) is 0 Å². The Morgan fingerprint density at radius 1 is 1.32 bits per heavy atom. The number of rotatable bonds is 7. The lowest BCUT2D eigenvalue weighted by Crippen LogP contribution is -2.26. The Morgan fingerprint density at radius 2 is 1.91 bits per heavy atom. The maximum atomic E-state index is 8.74. The van der Waals surface area contributed by atoms with Crippen molar-refractivity contribution in [1.29, 1.82) is 0 Å². The van der Waals surface area contributed by atoms with E-state index in [1.165, 1.54) is 0 Å². The molecule has 0 fully saturated rings. The summed E-state index contributed by atoms with van der Waals surface area (Å²) in [6, 6.07) is 5.53. The molecular formula is C12H24N4O5S. The quantitative estimate of drug-likeness (QED) is 0.208. The van der Waals surface area contributed by atoms with Crippen LogP contribution >= 0.6 is 0 Å². The summed E-state index contributed by atoms with van der Waals surface area (Å²) in [7, 11) is 1.10. The second kappa shape index (κ2) is 10.2. The number of hydrogen-bond acceptors (Lipinski definition) is 7. The molecule has 0 saturated heterocycles. The summed E-state index contributed by atoms with van der Waals surface area (Å²) in [5, 5.41) is 0. The van der Waals surface area contributed by atoms with Crippen molar-refractivity contribution in [2.75, 3.05) is 45.5 Å². The fourth-order valence-electron chi connectivity index (χ4n) is 1.45. The minimum absolute atomic E-state index is 0.694. The van der Waals surface area contributed by atoms with E-state index in [1.807, 2.05) is 12.1 Å². The van der Waals surface area contributed by atoms with Crippen molar-refractivity contribution in [3.8, 4) is 5.75 Å². The molecule has 0 radical (unpaired) electrons. The molecule has 128 valence electrons. The number of nitrogens with two attached hydrogens (primary N) is 1. The Morgan fingerprint density at radius 3 is 2.41 bits per heavy atom. The Balaban J connectivity index is 0.000000763. The summed E-state index contributed by atoms with van der Waals surface area (Å²) in [4.78, 5) is 2.16. The van der Waals surface area contributed by atoms with Gasteiger partial charge in [-0.1, -0.05) is 0 Å². The molecule has 0 aromatic heterocycles. The van der Waals surface area contributed by atoms with Gasteiger partial charge in [-0.3, -0.25) is 9.11 Å².